The number of aliphatic hydroxyl groups excluding tert-OH is 2. The summed E-state index contributed by atoms with van der Waals surface area (Å²) in [5, 5.41) is 24.2. The molecule has 0 aliphatic rings. The van der Waals surface area contributed by atoms with E-state index in [9.17, 15) is 14.7 Å². The van der Waals surface area contributed by atoms with Gasteiger partial charge in [0, 0.05) is 24.9 Å². The van der Waals surface area contributed by atoms with Crippen LogP contribution in [0.3, 0.4) is 0 Å². The average Bonchev–Trinajstić information content (AvgIpc) is 2.49. The van der Waals surface area contributed by atoms with E-state index >= 15 is 0 Å². The molecule has 0 saturated carbocycles. The molecule has 0 bridgehead atoms. The first-order valence-corrected chi connectivity index (χ1v) is 8.18. The largest absolute Gasteiger partial charge is 0.396 e. The number of hydrogen-bond donors (Lipinski definition) is 4. The molecule has 0 heterocycles. The van der Waals surface area contributed by atoms with E-state index in [0.717, 1.165) is 12.8 Å². The topological polar surface area (TPSA) is 98.7 Å². The van der Waals surface area contributed by atoms with Crippen molar-refractivity contribution >= 4 is 11.8 Å². The smallest absolute Gasteiger partial charge is 0.249 e. The van der Waals surface area contributed by atoms with Gasteiger partial charge < -0.3 is 20.8 Å². The molecular formula is C16H32N2O4. The minimum Gasteiger partial charge on any atom is -0.396 e. The van der Waals surface area contributed by atoms with Gasteiger partial charge in [0.05, 0.1) is 6.61 Å². The van der Waals surface area contributed by atoms with Gasteiger partial charge in [-0.2, -0.15) is 0 Å². The minimum atomic E-state index is -1.29. The summed E-state index contributed by atoms with van der Waals surface area (Å²) < 4.78 is 0. The fraction of sp³-hybridized carbons (Fsp3) is 0.875. The lowest BCUT2D eigenvalue weighted by Crippen LogP contribution is -2.46. The number of nitrogens with one attached hydrogen (secondary N) is 2. The van der Waals surface area contributed by atoms with Gasteiger partial charge in [0.25, 0.3) is 0 Å². The fourth-order valence-electron chi connectivity index (χ4n) is 1.88. The van der Waals surface area contributed by atoms with Crippen LogP contribution < -0.4 is 10.6 Å². The molecule has 1 atom stereocenters. The van der Waals surface area contributed by atoms with E-state index in [2.05, 4.69) is 17.6 Å². The van der Waals surface area contributed by atoms with Crippen LogP contribution in [0.1, 0.15) is 59.3 Å². The molecule has 22 heavy (non-hydrogen) atoms. The predicted octanol–water partition coefficient (Wildman–Crippen LogP) is 0.959. The van der Waals surface area contributed by atoms with Crippen LogP contribution in [0.4, 0.5) is 0 Å². The van der Waals surface area contributed by atoms with E-state index in [4.69, 9.17) is 5.11 Å². The molecule has 0 aliphatic heterocycles. The Bertz CT molecular complexity index is 332. The molecule has 0 aromatic heterocycles. The highest BCUT2D eigenvalue weighted by atomic mass is 16.3. The van der Waals surface area contributed by atoms with E-state index in [-0.39, 0.29) is 25.5 Å². The van der Waals surface area contributed by atoms with Gasteiger partial charge in [-0.15, -0.1) is 0 Å². The summed E-state index contributed by atoms with van der Waals surface area (Å²) in [6.45, 7) is 5.91. The van der Waals surface area contributed by atoms with Gasteiger partial charge in [0.2, 0.25) is 11.8 Å². The molecule has 4 N–H and O–H groups in total. The fourth-order valence-corrected chi connectivity index (χ4v) is 1.88. The zero-order valence-electron chi connectivity index (χ0n) is 14.2. The molecule has 2 amide bonds. The first-order valence-electron chi connectivity index (χ1n) is 8.18. The highest BCUT2D eigenvalue weighted by Gasteiger charge is 2.32. The molecule has 130 valence electrons. The number of rotatable bonds is 12. The molecule has 6 heteroatoms. The Labute approximate surface area is 133 Å². The zero-order valence-corrected chi connectivity index (χ0v) is 14.2. The van der Waals surface area contributed by atoms with E-state index < -0.39 is 17.4 Å². The maximum Gasteiger partial charge on any atom is 0.249 e. The maximum atomic E-state index is 11.7. The van der Waals surface area contributed by atoms with Crippen molar-refractivity contribution < 1.29 is 19.8 Å². The highest BCUT2D eigenvalue weighted by molar-refractivity contribution is 5.82. The summed E-state index contributed by atoms with van der Waals surface area (Å²) in [6, 6.07) is 0. The number of carbonyl (C=O) groups is 2. The van der Waals surface area contributed by atoms with Crippen molar-refractivity contribution in [3.05, 3.63) is 0 Å². The molecule has 0 rings (SSSR count). The van der Waals surface area contributed by atoms with Crippen LogP contribution in [0, 0.1) is 5.41 Å². The summed E-state index contributed by atoms with van der Waals surface area (Å²) in [5.74, 6) is -0.668. The van der Waals surface area contributed by atoms with Gasteiger partial charge in [-0.3, -0.25) is 9.59 Å². The summed E-state index contributed by atoms with van der Waals surface area (Å²) in [7, 11) is 0. The summed E-state index contributed by atoms with van der Waals surface area (Å²) >= 11 is 0. The van der Waals surface area contributed by atoms with Gasteiger partial charge in [-0.1, -0.05) is 46.5 Å². The Morgan fingerprint density at radius 3 is 2.27 bits per heavy atom. The van der Waals surface area contributed by atoms with Crippen LogP contribution in [0.25, 0.3) is 0 Å². The molecule has 6 nitrogen and oxygen atoms in total. The van der Waals surface area contributed by atoms with Gasteiger partial charge in [0.1, 0.15) is 6.10 Å². The molecule has 0 aliphatic carbocycles. The van der Waals surface area contributed by atoms with Crippen molar-refractivity contribution in [2.45, 2.75) is 65.4 Å². The van der Waals surface area contributed by atoms with E-state index in [1.54, 1.807) is 13.8 Å². The van der Waals surface area contributed by atoms with Crippen molar-refractivity contribution in [3.63, 3.8) is 0 Å². The van der Waals surface area contributed by atoms with Crippen molar-refractivity contribution in [2.24, 2.45) is 5.41 Å². The second-order valence-corrected chi connectivity index (χ2v) is 6.35. The second kappa shape index (κ2) is 11.4. The highest BCUT2D eigenvalue weighted by Crippen LogP contribution is 2.19. The van der Waals surface area contributed by atoms with Crippen LogP contribution >= 0.6 is 0 Å². The summed E-state index contributed by atoms with van der Waals surface area (Å²) in [6.07, 6.45) is 4.61. The first-order chi connectivity index (χ1) is 10.3. The molecule has 0 unspecified atom stereocenters. The van der Waals surface area contributed by atoms with Crippen molar-refractivity contribution in [3.8, 4) is 0 Å². The normalized spacial score (nSPS) is 12.8. The zero-order chi connectivity index (χ0) is 17.0. The second-order valence-electron chi connectivity index (χ2n) is 6.35. The third-order valence-corrected chi connectivity index (χ3v) is 3.65. The number of carbonyl (C=O) groups excluding carboxylic acids is 2. The minimum absolute atomic E-state index is 0.105. The Kier molecular flexibility index (Phi) is 10.8. The van der Waals surface area contributed by atoms with E-state index in [0.29, 0.717) is 6.54 Å². The van der Waals surface area contributed by atoms with Gasteiger partial charge in [-0.05, 0) is 6.42 Å². The predicted molar refractivity (Wildman–Crippen MR) is 86.3 cm³/mol. The van der Waals surface area contributed by atoms with Crippen LogP contribution in [-0.4, -0.2) is 47.8 Å². The van der Waals surface area contributed by atoms with Crippen LogP contribution in [-0.2, 0) is 9.59 Å². The van der Waals surface area contributed by atoms with E-state index in [1.807, 2.05) is 0 Å². The molecule has 0 aromatic rings. The quantitative estimate of drug-likeness (QED) is 0.403. The molecule has 0 fully saturated rings. The van der Waals surface area contributed by atoms with Gasteiger partial charge in [-0.25, -0.2) is 0 Å². The third kappa shape index (κ3) is 9.00. The number of amides is 2. The van der Waals surface area contributed by atoms with Gasteiger partial charge in [0.15, 0.2) is 0 Å². The number of aliphatic hydroxyl groups is 2. The number of hydrogen-bond acceptors (Lipinski definition) is 4. The molecular weight excluding hydrogens is 284 g/mol. The Balaban J connectivity index is 3.73. The SMILES string of the molecule is CCCCCCCNC(=O)CCNC(=O)[C@H](O)C(C)(C)CO. The first kappa shape index (κ1) is 20.9. The van der Waals surface area contributed by atoms with Crippen LogP contribution in [0.5, 0.6) is 0 Å². The number of unbranched alkanes of at least 4 members (excludes halogenated alkanes) is 4. The Morgan fingerprint density at radius 1 is 1.05 bits per heavy atom. The lowest BCUT2D eigenvalue weighted by atomic mass is 9.87. The van der Waals surface area contributed by atoms with Crippen LogP contribution in [0.15, 0.2) is 0 Å². The van der Waals surface area contributed by atoms with Crippen molar-refractivity contribution in [2.75, 3.05) is 19.7 Å². The summed E-state index contributed by atoms with van der Waals surface area (Å²) in [4.78, 5) is 23.3. The molecule has 0 aromatic carbocycles. The Morgan fingerprint density at radius 2 is 1.68 bits per heavy atom. The standard InChI is InChI=1S/C16H32N2O4/c1-4-5-6-7-8-10-17-13(20)9-11-18-15(22)14(21)16(2,3)12-19/h14,19,21H,4-12H2,1-3H3,(H,17,20)(H,18,22)/t14-/m0/s1. The van der Waals surface area contributed by atoms with Crippen molar-refractivity contribution in [1.82, 2.24) is 10.6 Å². The Hall–Kier alpha value is -1.14. The summed E-state index contributed by atoms with van der Waals surface area (Å²) in [5.41, 5.74) is -0.898. The van der Waals surface area contributed by atoms with Crippen molar-refractivity contribution in [1.29, 1.82) is 0 Å². The third-order valence-electron chi connectivity index (χ3n) is 3.65. The average molecular weight is 316 g/mol. The monoisotopic (exact) mass is 316 g/mol. The maximum absolute atomic E-state index is 11.7. The molecule has 0 spiro atoms. The lowest BCUT2D eigenvalue weighted by molar-refractivity contribution is -0.137. The van der Waals surface area contributed by atoms with E-state index in [1.165, 1.54) is 19.3 Å². The molecule has 0 saturated heterocycles. The lowest BCUT2D eigenvalue weighted by Gasteiger charge is -2.27. The molecule has 0 radical (unpaired) electrons. The van der Waals surface area contributed by atoms with Crippen LogP contribution in [0.2, 0.25) is 0 Å². The van der Waals surface area contributed by atoms with Gasteiger partial charge >= 0.3 is 0 Å².